The maximum atomic E-state index is 14.0. The summed E-state index contributed by atoms with van der Waals surface area (Å²) >= 11 is 0. The lowest BCUT2D eigenvalue weighted by Crippen LogP contribution is -2.45. The number of aryl methyl sites for hydroxylation is 1. The molecular weight excluding hydrogens is 550 g/mol. The van der Waals surface area contributed by atoms with Crippen molar-refractivity contribution in [2.24, 2.45) is 5.92 Å². The van der Waals surface area contributed by atoms with Crippen molar-refractivity contribution in [2.75, 3.05) is 30.0 Å². The van der Waals surface area contributed by atoms with Crippen molar-refractivity contribution in [2.45, 2.75) is 69.0 Å². The molecular formula is C31H39N5O5Si. The Labute approximate surface area is 247 Å². The zero-order valence-electron chi connectivity index (χ0n) is 24.6. The topological polar surface area (TPSA) is 121 Å². The third-order valence-electron chi connectivity index (χ3n) is 9.42. The van der Waals surface area contributed by atoms with Crippen LogP contribution in [0.15, 0.2) is 54.7 Å². The molecule has 3 aromatic rings. The van der Waals surface area contributed by atoms with E-state index >= 15 is 0 Å². The lowest BCUT2D eigenvalue weighted by atomic mass is 9.82. The van der Waals surface area contributed by atoms with Crippen molar-refractivity contribution in [1.82, 2.24) is 15.0 Å². The summed E-state index contributed by atoms with van der Waals surface area (Å²) in [6.45, 7) is 6.89. The molecule has 10 nitrogen and oxygen atoms in total. The van der Waals surface area contributed by atoms with Crippen molar-refractivity contribution in [3.8, 4) is 0 Å². The lowest BCUT2D eigenvalue weighted by Gasteiger charge is -2.32. The Balaban J connectivity index is 1.29. The van der Waals surface area contributed by atoms with Crippen LogP contribution in [0.3, 0.4) is 0 Å². The van der Waals surface area contributed by atoms with Gasteiger partial charge in [0.2, 0.25) is 5.91 Å². The number of carbonyl (C=O) groups excluding carboxylic acids is 2. The smallest absolute Gasteiger partial charge is 0.264 e. The normalized spacial score (nSPS) is 26.5. The van der Waals surface area contributed by atoms with E-state index < -0.39 is 13.9 Å². The maximum absolute atomic E-state index is 14.0. The van der Waals surface area contributed by atoms with Gasteiger partial charge in [-0.1, -0.05) is 42.5 Å². The molecule has 3 aliphatic rings. The quantitative estimate of drug-likeness (QED) is 0.387. The monoisotopic (exact) mass is 589 g/mol. The Kier molecular flexibility index (Phi) is 7.33. The Hall–Kier alpha value is -3.38. The first-order chi connectivity index (χ1) is 20.1. The Bertz CT molecular complexity index is 1490. The molecule has 2 N–H and O–H groups in total. The van der Waals surface area contributed by atoms with E-state index in [-0.39, 0.29) is 41.9 Å². The lowest BCUT2D eigenvalue weighted by molar-refractivity contribution is -0.145. The van der Waals surface area contributed by atoms with Gasteiger partial charge in [-0.3, -0.25) is 14.3 Å². The molecule has 1 unspecified atom stereocenters. The standard InChI is InChI=1S/C31H39N5O5Si/c1-20-29(42(3,4)40)27(14-16-35-18-25(32-33-35)23(19-37)21-9-6-5-7-10-21)41-31(20)24-17-22(36-15-8-11-28(36)38)12-13-26(24)34(2)30(31)39/h5-7,9-10,12-13,17-18,20,23,27,29,37,40H,8,11,14-16,19H2,1-4H3/t20-,23?,27+,29-,31+/m0/s1. The first kappa shape index (κ1) is 28.7. The van der Waals surface area contributed by atoms with Gasteiger partial charge in [0.05, 0.1) is 30.0 Å². The first-order valence-corrected chi connectivity index (χ1v) is 17.8. The van der Waals surface area contributed by atoms with E-state index in [1.54, 1.807) is 21.5 Å². The van der Waals surface area contributed by atoms with Crippen LogP contribution < -0.4 is 9.80 Å². The molecule has 1 aromatic heterocycles. The summed E-state index contributed by atoms with van der Waals surface area (Å²) in [5, 5.41) is 18.7. The number of ether oxygens (including phenoxy) is 1. The average Bonchev–Trinajstić information content (AvgIpc) is 3.72. The molecule has 2 saturated heterocycles. The molecule has 5 atom stereocenters. The molecule has 1 spiro atoms. The van der Waals surface area contributed by atoms with Crippen LogP contribution >= 0.6 is 0 Å². The van der Waals surface area contributed by atoms with E-state index in [9.17, 15) is 19.5 Å². The molecule has 6 rings (SSSR count). The number of anilines is 2. The largest absolute Gasteiger partial charge is 0.432 e. The Morgan fingerprint density at radius 3 is 2.60 bits per heavy atom. The van der Waals surface area contributed by atoms with Gasteiger partial charge in [0.15, 0.2) is 13.9 Å². The van der Waals surface area contributed by atoms with Gasteiger partial charge in [-0.2, -0.15) is 0 Å². The number of rotatable bonds is 8. The van der Waals surface area contributed by atoms with E-state index in [2.05, 4.69) is 10.3 Å². The molecule has 11 heteroatoms. The third-order valence-corrected chi connectivity index (χ3v) is 11.9. The first-order valence-electron chi connectivity index (χ1n) is 14.7. The molecule has 0 radical (unpaired) electrons. The van der Waals surface area contributed by atoms with Gasteiger partial charge < -0.3 is 24.4 Å². The van der Waals surface area contributed by atoms with Gasteiger partial charge in [0.25, 0.3) is 5.91 Å². The fourth-order valence-electron chi connectivity index (χ4n) is 7.43. The highest BCUT2D eigenvalue weighted by molar-refractivity contribution is 6.71. The predicted octanol–water partition coefficient (Wildman–Crippen LogP) is 3.39. The number of nitrogens with zero attached hydrogens (tertiary/aromatic N) is 5. The predicted molar refractivity (Wildman–Crippen MR) is 161 cm³/mol. The summed E-state index contributed by atoms with van der Waals surface area (Å²) in [5.74, 6) is -0.609. The minimum atomic E-state index is -2.81. The van der Waals surface area contributed by atoms with Crippen LogP contribution in [0.1, 0.15) is 48.9 Å². The van der Waals surface area contributed by atoms with Gasteiger partial charge in [-0.25, -0.2) is 0 Å². The average molecular weight is 590 g/mol. The highest BCUT2D eigenvalue weighted by Crippen LogP contribution is 2.59. The zero-order chi connectivity index (χ0) is 29.8. The van der Waals surface area contributed by atoms with Crippen LogP contribution in [-0.4, -0.2) is 71.3 Å². The second kappa shape index (κ2) is 10.7. The van der Waals surface area contributed by atoms with Gasteiger partial charge in [-0.05, 0) is 49.7 Å². The van der Waals surface area contributed by atoms with Gasteiger partial charge in [0.1, 0.15) is 0 Å². The molecule has 42 heavy (non-hydrogen) atoms. The fraction of sp³-hybridized carbons (Fsp3) is 0.484. The van der Waals surface area contributed by atoms with Crippen molar-refractivity contribution in [3.63, 3.8) is 0 Å². The summed E-state index contributed by atoms with van der Waals surface area (Å²) in [6, 6.07) is 15.5. The summed E-state index contributed by atoms with van der Waals surface area (Å²) in [6.07, 6.45) is 3.33. The second-order valence-corrected chi connectivity index (χ2v) is 16.4. The molecule has 2 amide bonds. The summed E-state index contributed by atoms with van der Waals surface area (Å²) in [4.78, 5) is 41.5. The van der Waals surface area contributed by atoms with Crippen LogP contribution in [0, 0.1) is 5.92 Å². The Morgan fingerprint density at radius 1 is 1.17 bits per heavy atom. The van der Waals surface area contributed by atoms with Crippen molar-refractivity contribution < 1.29 is 24.2 Å². The number of likely N-dealkylation sites (N-methyl/N-ethyl adjacent to an activating group) is 1. The number of aliphatic hydroxyl groups is 1. The fourth-order valence-corrected chi connectivity index (χ4v) is 10.0. The summed E-state index contributed by atoms with van der Waals surface area (Å²) in [5.41, 5.74) is 2.51. The van der Waals surface area contributed by atoms with Crippen LogP contribution in [0.4, 0.5) is 11.4 Å². The number of amides is 2. The van der Waals surface area contributed by atoms with Gasteiger partial charge in [0, 0.05) is 55.5 Å². The molecule has 222 valence electrons. The molecule has 0 saturated carbocycles. The van der Waals surface area contributed by atoms with Crippen molar-refractivity contribution in [1.29, 1.82) is 0 Å². The molecule has 0 aliphatic carbocycles. The number of benzene rings is 2. The van der Waals surface area contributed by atoms with Crippen LogP contribution in [0.25, 0.3) is 0 Å². The van der Waals surface area contributed by atoms with Crippen molar-refractivity contribution in [3.05, 3.63) is 71.5 Å². The van der Waals surface area contributed by atoms with Crippen LogP contribution in [0.5, 0.6) is 0 Å². The zero-order valence-corrected chi connectivity index (χ0v) is 25.6. The summed E-state index contributed by atoms with van der Waals surface area (Å²) in [7, 11) is -1.04. The number of aromatic nitrogens is 3. The summed E-state index contributed by atoms with van der Waals surface area (Å²) < 4.78 is 8.61. The van der Waals surface area contributed by atoms with Crippen LogP contribution in [0.2, 0.25) is 18.6 Å². The molecule has 2 aromatic carbocycles. The van der Waals surface area contributed by atoms with Crippen molar-refractivity contribution >= 4 is 31.5 Å². The molecule has 2 fully saturated rings. The van der Waals surface area contributed by atoms with E-state index in [0.717, 1.165) is 28.9 Å². The number of fused-ring (bicyclic) bond motifs is 2. The number of aliphatic hydroxyl groups excluding tert-OH is 1. The molecule has 4 heterocycles. The van der Waals surface area contributed by atoms with E-state index in [1.165, 1.54) is 0 Å². The molecule has 0 bridgehead atoms. The van der Waals surface area contributed by atoms with E-state index in [4.69, 9.17) is 4.74 Å². The second-order valence-electron chi connectivity index (χ2n) is 12.4. The SMILES string of the molecule is C[C@H]1[C@H]([Si](C)(C)O)[C@@H](CCn2cc(C(CO)c3ccccc3)nn2)O[C@]12C(=O)N(C)c1ccc(N3CCCC3=O)cc12. The highest BCUT2D eigenvalue weighted by atomic mass is 28.4. The highest BCUT2D eigenvalue weighted by Gasteiger charge is 2.65. The minimum absolute atomic E-state index is 0.0824. The Morgan fingerprint density at radius 2 is 1.93 bits per heavy atom. The molecule has 3 aliphatic heterocycles. The van der Waals surface area contributed by atoms with E-state index in [1.807, 2.05) is 74.7 Å². The maximum Gasteiger partial charge on any atom is 0.264 e. The van der Waals surface area contributed by atoms with Gasteiger partial charge >= 0.3 is 0 Å². The minimum Gasteiger partial charge on any atom is -0.432 e. The number of carbonyl (C=O) groups is 2. The van der Waals surface area contributed by atoms with Crippen LogP contribution in [-0.2, 0) is 26.5 Å². The number of hydrogen-bond donors (Lipinski definition) is 2. The number of hydrogen-bond acceptors (Lipinski definition) is 7. The van der Waals surface area contributed by atoms with E-state index in [0.29, 0.717) is 31.6 Å². The third kappa shape index (κ3) is 4.59. The van der Waals surface area contributed by atoms with Gasteiger partial charge in [-0.15, -0.1) is 5.10 Å².